The standard InChI is InChI=1S/C14H20BrNO2S/c1-3-19(17,18)14-7-5-4-6-13(14)16-9-8-11(2)12(15)10-16/h4-7,11-12H,3,8-10H2,1-2H3. The number of hydrogen-bond acceptors (Lipinski definition) is 3. The Bertz CT molecular complexity index is 544. The van der Waals surface area contributed by atoms with E-state index in [1.165, 1.54) is 0 Å². The third kappa shape index (κ3) is 3.14. The van der Waals surface area contributed by atoms with Gasteiger partial charge in [-0.3, -0.25) is 0 Å². The molecule has 1 fully saturated rings. The lowest BCUT2D eigenvalue weighted by Crippen LogP contribution is -2.40. The Hall–Kier alpha value is -0.550. The number of rotatable bonds is 3. The van der Waals surface area contributed by atoms with Gasteiger partial charge in [-0.05, 0) is 24.5 Å². The van der Waals surface area contributed by atoms with Gasteiger partial charge >= 0.3 is 0 Å². The molecule has 0 amide bonds. The van der Waals surface area contributed by atoms with Crippen molar-refractivity contribution < 1.29 is 8.42 Å². The minimum Gasteiger partial charge on any atom is -0.369 e. The van der Waals surface area contributed by atoms with Crippen LogP contribution in [0.3, 0.4) is 0 Å². The maximum atomic E-state index is 12.2. The van der Waals surface area contributed by atoms with Gasteiger partial charge in [-0.1, -0.05) is 41.9 Å². The third-order valence-corrected chi connectivity index (χ3v) is 6.76. The van der Waals surface area contributed by atoms with Crippen molar-refractivity contribution in [3.63, 3.8) is 0 Å². The minimum absolute atomic E-state index is 0.145. The Morgan fingerprint density at radius 1 is 1.37 bits per heavy atom. The Kier molecular flexibility index (Phi) is 4.56. The summed E-state index contributed by atoms with van der Waals surface area (Å²) in [6.07, 6.45) is 1.08. The van der Waals surface area contributed by atoms with Crippen LogP contribution in [-0.2, 0) is 9.84 Å². The monoisotopic (exact) mass is 345 g/mol. The molecule has 1 aromatic carbocycles. The molecule has 0 aromatic heterocycles. The highest BCUT2D eigenvalue weighted by Crippen LogP contribution is 2.31. The second kappa shape index (κ2) is 5.83. The van der Waals surface area contributed by atoms with Crippen molar-refractivity contribution in [3.8, 4) is 0 Å². The average molecular weight is 346 g/mol. The van der Waals surface area contributed by atoms with Crippen LogP contribution in [0.15, 0.2) is 29.2 Å². The molecule has 0 radical (unpaired) electrons. The molecule has 0 bridgehead atoms. The van der Waals surface area contributed by atoms with E-state index in [1.54, 1.807) is 19.1 Å². The first-order chi connectivity index (χ1) is 8.95. The van der Waals surface area contributed by atoms with Crippen molar-refractivity contribution in [1.82, 2.24) is 0 Å². The van der Waals surface area contributed by atoms with Gasteiger partial charge in [-0.2, -0.15) is 0 Å². The molecule has 0 N–H and O–H groups in total. The van der Waals surface area contributed by atoms with Crippen molar-refractivity contribution in [2.75, 3.05) is 23.7 Å². The quantitative estimate of drug-likeness (QED) is 0.790. The summed E-state index contributed by atoms with van der Waals surface area (Å²) < 4.78 is 24.3. The maximum absolute atomic E-state index is 12.2. The van der Waals surface area contributed by atoms with E-state index in [0.29, 0.717) is 15.6 Å². The predicted octanol–water partition coefficient (Wildman–Crippen LogP) is 3.09. The number of nitrogens with zero attached hydrogens (tertiary/aromatic N) is 1. The molecule has 1 aromatic rings. The SMILES string of the molecule is CCS(=O)(=O)c1ccccc1N1CCC(C)C(Br)C1. The molecular weight excluding hydrogens is 326 g/mol. The molecule has 106 valence electrons. The van der Waals surface area contributed by atoms with Gasteiger partial charge in [-0.15, -0.1) is 0 Å². The maximum Gasteiger partial charge on any atom is 0.180 e. The smallest absolute Gasteiger partial charge is 0.180 e. The van der Waals surface area contributed by atoms with Crippen LogP contribution in [-0.4, -0.2) is 32.1 Å². The highest BCUT2D eigenvalue weighted by atomic mass is 79.9. The van der Waals surface area contributed by atoms with Gasteiger partial charge in [0.25, 0.3) is 0 Å². The lowest BCUT2D eigenvalue weighted by Gasteiger charge is -2.36. The van der Waals surface area contributed by atoms with Crippen LogP contribution in [0.25, 0.3) is 0 Å². The lowest BCUT2D eigenvalue weighted by molar-refractivity contribution is 0.455. The molecule has 1 aliphatic rings. The zero-order valence-corrected chi connectivity index (χ0v) is 13.7. The molecule has 2 rings (SSSR count). The van der Waals surface area contributed by atoms with Crippen molar-refractivity contribution in [3.05, 3.63) is 24.3 Å². The first kappa shape index (κ1) is 14.9. The number of benzene rings is 1. The van der Waals surface area contributed by atoms with Gasteiger partial charge in [0.05, 0.1) is 16.3 Å². The summed E-state index contributed by atoms with van der Waals surface area (Å²) >= 11 is 3.69. The summed E-state index contributed by atoms with van der Waals surface area (Å²) in [5.41, 5.74) is 0.848. The number of para-hydroxylation sites is 1. The predicted molar refractivity (Wildman–Crippen MR) is 82.9 cm³/mol. The van der Waals surface area contributed by atoms with Crippen LogP contribution in [0.5, 0.6) is 0 Å². The summed E-state index contributed by atoms with van der Waals surface area (Å²) in [5, 5.41) is 0. The molecule has 2 unspecified atom stereocenters. The highest BCUT2D eigenvalue weighted by molar-refractivity contribution is 9.09. The minimum atomic E-state index is -3.17. The van der Waals surface area contributed by atoms with Gasteiger partial charge < -0.3 is 4.90 Å². The molecule has 0 aliphatic carbocycles. The largest absolute Gasteiger partial charge is 0.369 e. The Balaban J connectivity index is 2.36. The van der Waals surface area contributed by atoms with E-state index in [9.17, 15) is 8.42 Å². The molecular formula is C14H20BrNO2S. The Morgan fingerprint density at radius 2 is 2.05 bits per heavy atom. The second-order valence-corrected chi connectivity index (χ2v) is 8.52. The molecule has 1 saturated heterocycles. The van der Waals surface area contributed by atoms with E-state index in [0.717, 1.165) is 25.2 Å². The number of hydrogen-bond donors (Lipinski definition) is 0. The van der Waals surface area contributed by atoms with Crippen LogP contribution >= 0.6 is 15.9 Å². The van der Waals surface area contributed by atoms with Crippen molar-refractivity contribution in [2.24, 2.45) is 5.92 Å². The average Bonchev–Trinajstić information content (AvgIpc) is 2.42. The highest BCUT2D eigenvalue weighted by Gasteiger charge is 2.27. The zero-order chi connectivity index (χ0) is 14.0. The number of halogens is 1. The van der Waals surface area contributed by atoms with Crippen LogP contribution < -0.4 is 4.90 Å². The summed E-state index contributed by atoms with van der Waals surface area (Å²) in [7, 11) is -3.17. The molecule has 19 heavy (non-hydrogen) atoms. The fourth-order valence-corrected chi connectivity index (χ4v) is 4.10. The fourth-order valence-electron chi connectivity index (χ4n) is 2.38. The van der Waals surface area contributed by atoms with Gasteiger partial charge in [0.2, 0.25) is 0 Å². The lowest BCUT2D eigenvalue weighted by atomic mass is 9.98. The van der Waals surface area contributed by atoms with Gasteiger partial charge in [0.1, 0.15) is 0 Å². The van der Waals surface area contributed by atoms with E-state index in [4.69, 9.17) is 0 Å². The summed E-state index contributed by atoms with van der Waals surface area (Å²) in [6.45, 7) is 5.69. The van der Waals surface area contributed by atoms with E-state index >= 15 is 0 Å². The van der Waals surface area contributed by atoms with Crippen molar-refractivity contribution in [1.29, 1.82) is 0 Å². The van der Waals surface area contributed by atoms with Crippen LogP contribution in [0.4, 0.5) is 5.69 Å². The second-order valence-electron chi connectivity index (χ2n) is 5.10. The summed E-state index contributed by atoms with van der Waals surface area (Å²) in [5.74, 6) is 0.776. The first-order valence-electron chi connectivity index (χ1n) is 6.66. The fraction of sp³-hybridized carbons (Fsp3) is 0.571. The van der Waals surface area contributed by atoms with E-state index < -0.39 is 9.84 Å². The summed E-state index contributed by atoms with van der Waals surface area (Å²) in [4.78, 5) is 3.06. The van der Waals surface area contributed by atoms with Gasteiger partial charge in [-0.25, -0.2) is 8.42 Å². The number of alkyl halides is 1. The van der Waals surface area contributed by atoms with E-state index in [2.05, 4.69) is 27.8 Å². The molecule has 3 nitrogen and oxygen atoms in total. The third-order valence-electron chi connectivity index (χ3n) is 3.79. The number of piperidine rings is 1. The molecule has 1 aliphatic heterocycles. The first-order valence-corrected chi connectivity index (χ1v) is 9.23. The Labute approximate surface area is 124 Å². The van der Waals surface area contributed by atoms with Crippen LogP contribution in [0.1, 0.15) is 20.3 Å². The molecule has 1 heterocycles. The van der Waals surface area contributed by atoms with Crippen LogP contribution in [0, 0.1) is 5.92 Å². The van der Waals surface area contributed by atoms with Gasteiger partial charge in [0.15, 0.2) is 9.84 Å². The van der Waals surface area contributed by atoms with E-state index in [1.807, 2.05) is 12.1 Å². The molecule has 2 atom stereocenters. The normalized spacial score (nSPS) is 24.5. The Morgan fingerprint density at radius 3 is 2.68 bits per heavy atom. The van der Waals surface area contributed by atoms with Crippen molar-refractivity contribution >= 4 is 31.5 Å². The summed E-state index contributed by atoms with van der Waals surface area (Å²) in [6, 6.07) is 7.34. The molecule has 0 saturated carbocycles. The van der Waals surface area contributed by atoms with Crippen LogP contribution in [0.2, 0.25) is 0 Å². The molecule has 5 heteroatoms. The van der Waals surface area contributed by atoms with E-state index in [-0.39, 0.29) is 5.75 Å². The number of anilines is 1. The topological polar surface area (TPSA) is 37.4 Å². The number of sulfone groups is 1. The van der Waals surface area contributed by atoms with Crippen molar-refractivity contribution in [2.45, 2.75) is 30.0 Å². The van der Waals surface area contributed by atoms with Gasteiger partial charge in [0, 0.05) is 17.9 Å². The zero-order valence-electron chi connectivity index (χ0n) is 11.3. The molecule has 0 spiro atoms.